The van der Waals surface area contributed by atoms with E-state index in [1.54, 1.807) is 0 Å². The van der Waals surface area contributed by atoms with Crippen LogP contribution in [0.2, 0.25) is 0 Å². The third kappa shape index (κ3) is 3.42. The van der Waals surface area contributed by atoms with Gasteiger partial charge in [0, 0.05) is 0 Å². The molecule has 0 spiro atoms. The van der Waals surface area contributed by atoms with E-state index < -0.39 is 0 Å². The summed E-state index contributed by atoms with van der Waals surface area (Å²) in [6.07, 6.45) is 2.57. The van der Waals surface area contributed by atoms with Gasteiger partial charge in [-0.15, -0.1) is 0 Å². The van der Waals surface area contributed by atoms with Crippen LogP contribution < -0.4 is 0 Å². The van der Waals surface area contributed by atoms with Gasteiger partial charge in [-0.2, -0.15) is 0 Å². The van der Waals surface area contributed by atoms with Crippen LogP contribution in [0.15, 0.2) is 12.2 Å². The second-order valence-corrected chi connectivity index (χ2v) is 4.34. The second kappa shape index (κ2) is 5.40. The first-order valence-electron chi connectivity index (χ1n) is 5.16. The Labute approximate surface area is 78.1 Å². The van der Waals surface area contributed by atoms with Gasteiger partial charge in [0.25, 0.3) is 0 Å². The lowest BCUT2D eigenvalue weighted by Gasteiger charge is -2.27. The minimum absolute atomic E-state index is 0.731. The van der Waals surface area contributed by atoms with Crippen molar-refractivity contribution in [3.8, 4) is 0 Å². The van der Waals surface area contributed by atoms with Crippen molar-refractivity contribution < 1.29 is 0 Å². The molecule has 0 aliphatic rings. The van der Waals surface area contributed by atoms with Crippen LogP contribution in [-0.2, 0) is 0 Å². The summed E-state index contributed by atoms with van der Waals surface area (Å²) in [7, 11) is 0. The van der Waals surface area contributed by atoms with E-state index in [9.17, 15) is 0 Å². The van der Waals surface area contributed by atoms with Crippen molar-refractivity contribution in [1.29, 1.82) is 0 Å². The minimum Gasteiger partial charge on any atom is -0.0999 e. The summed E-state index contributed by atoms with van der Waals surface area (Å²) in [6.45, 7) is 15.4. The van der Waals surface area contributed by atoms with Gasteiger partial charge in [0.2, 0.25) is 0 Å². The summed E-state index contributed by atoms with van der Waals surface area (Å²) in [5.41, 5.74) is 1.36. The van der Waals surface area contributed by atoms with Crippen LogP contribution in [0.4, 0.5) is 0 Å². The van der Waals surface area contributed by atoms with E-state index in [0.717, 1.165) is 17.8 Å². The average molecular weight is 168 g/mol. The Morgan fingerprint density at radius 1 is 1.25 bits per heavy atom. The number of hydrogen-bond donors (Lipinski definition) is 0. The predicted molar refractivity (Wildman–Crippen MR) is 57.2 cm³/mol. The molecule has 2 atom stereocenters. The van der Waals surface area contributed by atoms with Crippen LogP contribution in [0.1, 0.15) is 47.5 Å². The Hall–Kier alpha value is -0.260. The van der Waals surface area contributed by atoms with Crippen molar-refractivity contribution in [3.05, 3.63) is 12.2 Å². The summed E-state index contributed by atoms with van der Waals surface area (Å²) in [6, 6.07) is 0. The highest BCUT2D eigenvalue weighted by atomic mass is 14.2. The molecule has 0 nitrogen and oxygen atoms in total. The maximum atomic E-state index is 4.08. The fourth-order valence-electron chi connectivity index (χ4n) is 1.73. The molecule has 72 valence electrons. The van der Waals surface area contributed by atoms with Crippen molar-refractivity contribution in [2.75, 3.05) is 0 Å². The van der Waals surface area contributed by atoms with Gasteiger partial charge in [0.15, 0.2) is 0 Å². The molecule has 0 bridgehead atoms. The minimum atomic E-state index is 0.731. The zero-order valence-electron chi connectivity index (χ0n) is 9.35. The molecule has 12 heavy (non-hydrogen) atoms. The third-order valence-corrected chi connectivity index (χ3v) is 2.92. The molecule has 0 amide bonds. The second-order valence-electron chi connectivity index (χ2n) is 4.34. The van der Waals surface area contributed by atoms with Gasteiger partial charge in [-0.25, -0.2) is 0 Å². The average Bonchev–Trinajstić information content (AvgIpc) is 1.98. The summed E-state index contributed by atoms with van der Waals surface area (Å²) >= 11 is 0. The maximum Gasteiger partial charge on any atom is -0.0181 e. The first kappa shape index (κ1) is 11.7. The molecular weight excluding hydrogens is 144 g/mol. The molecule has 0 fully saturated rings. The quantitative estimate of drug-likeness (QED) is 0.538. The Bertz CT molecular complexity index is 133. The summed E-state index contributed by atoms with van der Waals surface area (Å²) in [5, 5.41) is 0. The Kier molecular flexibility index (Phi) is 5.28. The van der Waals surface area contributed by atoms with Crippen molar-refractivity contribution >= 4 is 0 Å². The van der Waals surface area contributed by atoms with Crippen LogP contribution in [0.25, 0.3) is 0 Å². The number of allylic oxidation sites excluding steroid dienone is 1. The largest absolute Gasteiger partial charge is 0.0999 e. The van der Waals surface area contributed by atoms with Crippen molar-refractivity contribution in [3.63, 3.8) is 0 Å². The van der Waals surface area contributed by atoms with E-state index >= 15 is 0 Å². The molecule has 0 heteroatoms. The van der Waals surface area contributed by atoms with Gasteiger partial charge >= 0.3 is 0 Å². The summed E-state index contributed by atoms with van der Waals surface area (Å²) in [5.74, 6) is 2.29. The predicted octanol–water partition coefficient (Wildman–Crippen LogP) is 4.27. The fourth-order valence-corrected chi connectivity index (χ4v) is 1.73. The van der Waals surface area contributed by atoms with Crippen LogP contribution in [-0.4, -0.2) is 0 Å². The van der Waals surface area contributed by atoms with E-state index in [1.165, 1.54) is 18.4 Å². The SMILES string of the molecule is C=C(C)C(CCC)C(C)C(C)C. The van der Waals surface area contributed by atoms with Crippen molar-refractivity contribution in [2.45, 2.75) is 47.5 Å². The highest BCUT2D eigenvalue weighted by Crippen LogP contribution is 2.29. The Balaban J connectivity index is 4.18. The highest BCUT2D eigenvalue weighted by Gasteiger charge is 2.19. The molecule has 0 saturated carbocycles. The highest BCUT2D eigenvalue weighted by molar-refractivity contribution is 4.98. The lowest BCUT2D eigenvalue weighted by Crippen LogP contribution is -2.17. The zero-order chi connectivity index (χ0) is 9.72. The standard InChI is InChI=1S/C12H24/c1-7-8-12(10(4)5)11(6)9(2)3/h9,11-12H,4,7-8H2,1-3,5-6H3. The van der Waals surface area contributed by atoms with E-state index in [2.05, 4.69) is 41.2 Å². The van der Waals surface area contributed by atoms with Crippen LogP contribution in [0.5, 0.6) is 0 Å². The molecule has 0 aromatic heterocycles. The summed E-state index contributed by atoms with van der Waals surface area (Å²) < 4.78 is 0. The molecule has 0 aromatic carbocycles. The molecule has 0 heterocycles. The third-order valence-electron chi connectivity index (χ3n) is 2.92. The Morgan fingerprint density at radius 3 is 2.00 bits per heavy atom. The smallest absolute Gasteiger partial charge is 0.0181 e. The van der Waals surface area contributed by atoms with Gasteiger partial charge in [0.05, 0.1) is 0 Å². The van der Waals surface area contributed by atoms with Crippen molar-refractivity contribution in [1.82, 2.24) is 0 Å². The van der Waals surface area contributed by atoms with Crippen LogP contribution >= 0.6 is 0 Å². The first-order valence-corrected chi connectivity index (χ1v) is 5.16. The normalized spacial score (nSPS) is 16.2. The molecule has 2 unspecified atom stereocenters. The van der Waals surface area contributed by atoms with Crippen molar-refractivity contribution in [2.24, 2.45) is 17.8 Å². The molecule has 0 saturated heterocycles. The topological polar surface area (TPSA) is 0 Å². The fraction of sp³-hybridized carbons (Fsp3) is 0.833. The summed E-state index contributed by atoms with van der Waals surface area (Å²) in [4.78, 5) is 0. The van der Waals surface area contributed by atoms with E-state index in [-0.39, 0.29) is 0 Å². The molecule has 0 rings (SSSR count). The van der Waals surface area contributed by atoms with E-state index in [1.807, 2.05) is 0 Å². The molecule has 0 N–H and O–H groups in total. The maximum absolute atomic E-state index is 4.08. The Morgan fingerprint density at radius 2 is 1.75 bits per heavy atom. The molecular formula is C12H24. The molecule has 0 radical (unpaired) electrons. The molecule has 0 aliphatic carbocycles. The molecule has 0 aromatic rings. The van der Waals surface area contributed by atoms with Gasteiger partial charge in [-0.3, -0.25) is 0 Å². The first-order chi connectivity index (χ1) is 5.50. The number of hydrogen-bond acceptors (Lipinski definition) is 0. The van der Waals surface area contributed by atoms with Gasteiger partial charge in [-0.05, 0) is 31.1 Å². The van der Waals surface area contributed by atoms with Gasteiger partial charge < -0.3 is 0 Å². The van der Waals surface area contributed by atoms with E-state index in [0.29, 0.717) is 0 Å². The zero-order valence-corrected chi connectivity index (χ0v) is 9.35. The van der Waals surface area contributed by atoms with Crippen LogP contribution in [0.3, 0.4) is 0 Å². The van der Waals surface area contributed by atoms with Crippen LogP contribution in [0, 0.1) is 17.8 Å². The van der Waals surface area contributed by atoms with Gasteiger partial charge in [0.1, 0.15) is 0 Å². The van der Waals surface area contributed by atoms with E-state index in [4.69, 9.17) is 0 Å². The lowest BCUT2D eigenvalue weighted by molar-refractivity contribution is 0.296. The van der Waals surface area contributed by atoms with Gasteiger partial charge in [-0.1, -0.05) is 46.3 Å². The number of rotatable bonds is 5. The molecule has 0 aliphatic heterocycles. The lowest BCUT2D eigenvalue weighted by atomic mass is 9.79. The monoisotopic (exact) mass is 168 g/mol.